The first kappa shape index (κ1) is 55.2. The average Bonchev–Trinajstić information content (AvgIpc) is 3.91. The molecule has 0 spiro atoms. The lowest BCUT2D eigenvalue weighted by Crippen LogP contribution is -2.61. The van der Waals surface area contributed by atoms with Crippen LogP contribution in [-0.2, 0) is 33.3 Å². The van der Waals surface area contributed by atoms with Crippen LogP contribution in [0, 0.1) is 5.92 Å². The number of carbonyl (C=O) groups excluding carboxylic acids is 3. The Labute approximate surface area is 374 Å². The van der Waals surface area contributed by atoms with Gasteiger partial charge in [0.1, 0.15) is 24.4 Å². The molecule has 4 N–H and O–H groups in total. The Morgan fingerprint density at radius 2 is 1.38 bits per heavy atom. The summed E-state index contributed by atoms with van der Waals surface area (Å²) in [7, 11) is 1.57. The summed E-state index contributed by atoms with van der Waals surface area (Å²) in [6.45, 7) is 9.69. The Hall–Kier alpha value is -1.96. The average molecular weight is 888 g/mol. The van der Waals surface area contributed by atoms with Crippen LogP contribution in [0.4, 0.5) is 4.79 Å². The maximum absolute atomic E-state index is 12.7. The number of alkyl carbamates (subject to hydrolysis) is 1. The summed E-state index contributed by atoms with van der Waals surface area (Å²) in [6, 6.07) is 0. The van der Waals surface area contributed by atoms with Gasteiger partial charge in [-0.05, 0) is 65.8 Å². The number of carbonyl (C=O) groups is 3. The summed E-state index contributed by atoms with van der Waals surface area (Å²) < 4.78 is 28.5. The number of rotatable bonds is 37. The number of amides is 1. The van der Waals surface area contributed by atoms with Gasteiger partial charge in [-0.3, -0.25) is 9.59 Å². The van der Waals surface area contributed by atoms with Gasteiger partial charge in [0.15, 0.2) is 6.10 Å². The Bertz CT molecular complexity index is 1220. The zero-order valence-electron chi connectivity index (χ0n) is 38.9. The van der Waals surface area contributed by atoms with E-state index in [9.17, 15) is 24.6 Å². The van der Waals surface area contributed by atoms with Crippen LogP contribution in [0.3, 0.4) is 0 Å². The van der Waals surface area contributed by atoms with E-state index >= 15 is 0 Å². The molecule has 0 bridgehead atoms. The van der Waals surface area contributed by atoms with E-state index in [-0.39, 0.29) is 43.6 Å². The Balaban J connectivity index is 1.44. The summed E-state index contributed by atoms with van der Waals surface area (Å²) in [5.74, 6) is -1.10. The maximum atomic E-state index is 12.7. The van der Waals surface area contributed by atoms with Gasteiger partial charge in [-0.25, -0.2) is 4.79 Å². The smallest absolute Gasteiger partial charge is 0.407 e. The van der Waals surface area contributed by atoms with Crippen LogP contribution >= 0.6 is 11.6 Å². The summed E-state index contributed by atoms with van der Waals surface area (Å²) in [4.78, 5) is 37.2. The fourth-order valence-electron chi connectivity index (χ4n) is 8.70. The zero-order chi connectivity index (χ0) is 44.8. The molecule has 1 heterocycles. The van der Waals surface area contributed by atoms with Crippen molar-refractivity contribution >= 4 is 29.6 Å². The summed E-state index contributed by atoms with van der Waals surface area (Å²) in [6.07, 6.45) is 25.1. The largest absolute Gasteiger partial charge is 0.462 e. The molecule has 12 nitrogen and oxygen atoms in total. The highest BCUT2D eigenvalue weighted by molar-refractivity contribution is 6.18. The minimum Gasteiger partial charge on any atom is -0.462 e. The van der Waals surface area contributed by atoms with E-state index in [0.717, 1.165) is 64.3 Å². The standard InChI is InChI=1S/C48H87ClN2O10/c1-6-7-8-9-10-11-12-13-14-15-16-17-20-23-26-42(53)58-36-39(35-52)59-43(54)27-24-21-18-19-22-25-32-50-33-34-51-46(55)60-40-30-31-48(56,37-49)45(44(40)57-5)47(4)41(61-47)29-28-38(2)3/h28,39-41,44-45,50,52,56H,6-27,29-37H2,1-5H3,(H,51,55)/t39?,40-,41?,44-,45-,47+,48+/m1/s1. The highest BCUT2D eigenvalue weighted by Gasteiger charge is 2.67. The molecule has 7 atom stereocenters. The van der Waals surface area contributed by atoms with Crippen molar-refractivity contribution in [3.8, 4) is 0 Å². The van der Waals surface area contributed by atoms with Crippen LogP contribution in [0.5, 0.6) is 0 Å². The minimum absolute atomic E-state index is 0.0427. The molecular weight excluding hydrogens is 800 g/mol. The third kappa shape index (κ3) is 23.0. The maximum Gasteiger partial charge on any atom is 0.407 e. The lowest BCUT2D eigenvalue weighted by Gasteiger charge is -2.48. The molecule has 2 fully saturated rings. The molecule has 61 heavy (non-hydrogen) atoms. The number of aliphatic hydroxyl groups is 2. The summed E-state index contributed by atoms with van der Waals surface area (Å²) >= 11 is 6.30. The number of halogens is 1. The normalized spacial score (nSPS) is 23.9. The minimum atomic E-state index is -1.19. The Morgan fingerprint density at radius 3 is 1.92 bits per heavy atom. The van der Waals surface area contributed by atoms with Crippen molar-refractivity contribution < 1.29 is 48.3 Å². The van der Waals surface area contributed by atoms with Crippen molar-refractivity contribution in [3.05, 3.63) is 11.6 Å². The van der Waals surface area contributed by atoms with E-state index in [1.807, 2.05) is 20.8 Å². The van der Waals surface area contributed by atoms with Gasteiger partial charge in [-0.15, -0.1) is 11.6 Å². The molecule has 2 unspecified atom stereocenters. The van der Waals surface area contributed by atoms with Crippen LogP contribution in [0.15, 0.2) is 11.6 Å². The van der Waals surface area contributed by atoms with Crippen LogP contribution in [0.1, 0.15) is 188 Å². The molecule has 2 rings (SSSR count). The first-order valence-corrected chi connectivity index (χ1v) is 24.7. The highest BCUT2D eigenvalue weighted by atomic mass is 35.5. The van der Waals surface area contributed by atoms with Crippen molar-refractivity contribution in [2.75, 3.05) is 45.8 Å². The van der Waals surface area contributed by atoms with E-state index in [1.54, 1.807) is 7.11 Å². The molecule has 2 aliphatic rings. The van der Waals surface area contributed by atoms with Gasteiger partial charge in [0.2, 0.25) is 0 Å². The Kier molecular flexibility index (Phi) is 29.5. The number of methoxy groups -OCH3 is 1. The number of alkyl halides is 1. The highest BCUT2D eigenvalue weighted by Crippen LogP contribution is 2.55. The second kappa shape index (κ2) is 32.7. The van der Waals surface area contributed by atoms with Crippen LogP contribution in [0.25, 0.3) is 0 Å². The molecule has 1 aliphatic carbocycles. The zero-order valence-corrected chi connectivity index (χ0v) is 39.7. The fourth-order valence-corrected chi connectivity index (χ4v) is 9.00. The molecule has 1 saturated heterocycles. The number of hydrogen-bond acceptors (Lipinski definition) is 11. The van der Waals surface area contributed by atoms with E-state index in [2.05, 4.69) is 23.6 Å². The van der Waals surface area contributed by atoms with Crippen molar-refractivity contribution in [1.29, 1.82) is 0 Å². The summed E-state index contributed by atoms with van der Waals surface area (Å²) in [5, 5.41) is 27.3. The molecule has 356 valence electrons. The van der Waals surface area contributed by atoms with Crippen molar-refractivity contribution in [2.45, 2.75) is 224 Å². The summed E-state index contributed by atoms with van der Waals surface area (Å²) in [5.41, 5.74) is -0.630. The van der Waals surface area contributed by atoms with Gasteiger partial charge in [0, 0.05) is 33.0 Å². The first-order valence-electron chi connectivity index (χ1n) is 24.2. The van der Waals surface area contributed by atoms with Gasteiger partial charge in [-0.1, -0.05) is 128 Å². The Morgan fingerprint density at radius 1 is 0.820 bits per heavy atom. The number of esters is 2. The quantitative estimate of drug-likeness (QED) is 0.0117. The molecule has 0 aromatic rings. The van der Waals surface area contributed by atoms with E-state index in [0.29, 0.717) is 38.8 Å². The molecule has 0 radical (unpaired) electrons. The predicted octanol–water partition coefficient (Wildman–Crippen LogP) is 9.63. The van der Waals surface area contributed by atoms with Crippen LogP contribution in [-0.4, -0.2) is 110 Å². The number of epoxide rings is 1. The fraction of sp³-hybridized carbons (Fsp3) is 0.896. The molecule has 1 saturated carbocycles. The number of ether oxygens (including phenoxy) is 5. The second-order valence-electron chi connectivity index (χ2n) is 18.1. The molecule has 13 heteroatoms. The van der Waals surface area contributed by atoms with E-state index < -0.39 is 41.5 Å². The first-order chi connectivity index (χ1) is 29.4. The van der Waals surface area contributed by atoms with Crippen molar-refractivity contribution in [3.63, 3.8) is 0 Å². The third-order valence-corrected chi connectivity index (χ3v) is 12.9. The van der Waals surface area contributed by atoms with Gasteiger partial charge >= 0.3 is 18.0 Å². The van der Waals surface area contributed by atoms with Gasteiger partial charge in [0.05, 0.1) is 30.1 Å². The lowest BCUT2D eigenvalue weighted by molar-refractivity contribution is -0.170. The van der Waals surface area contributed by atoms with E-state index in [1.165, 1.54) is 76.2 Å². The molecule has 0 aromatic heterocycles. The SMILES string of the molecule is CCCCCCCCCCCCCCCCC(=O)OCC(CO)OC(=O)CCCCCCCCNCCNC(=O)O[C@@H]1CC[C@](O)(CCl)[C@@H]([C@@]2(C)OC2CC=C(C)C)[C@@H]1OC. The van der Waals surface area contributed by atoms with Crippen molar-refractivity contribution in [1.82, 2.24) is 10.6 Å². The second-order valence-corrected chi connectivity index (χ2v) is 18.3. The van der Waals surface area contributed by atoms with Gasteiger partial charge in [-0.2, -0.15) is 0 Å². The molecule has 1 amide bonds. The molecule has 0 aromatic carbocycles. The van der Waals surface area contributed by atoms with Crippen molar-refractivity contribution in [2.24, 2.45) is 5.92 Å². The number of nitrogens with one attached hydrogen (secondary N) is 2. The molecular formula is C48H87ClN2O10. The topological polar surface area (TPSA) is 165 Å². The van der Waals surface area contributed by atoms with Crippen LogP contribution < -0.4 is 10.6 Å². The van der Waals surface area contributed by atoms with Crippen LogP contribution in [0.2, 0.25) is 0 Å². The van der Waals surface area contributed by atoms with E-state index in [4.69, 9.17) is 35.3 Å². The number of aliphatic hydroxyl groups excluding tert-OH is 1. The van der Waals surface area contributed by atoms with Gasteiger partial charge < -0.3 is 44.5 Å². The third-order valence-electron chi connectivity index (χ3n) is 12.5. The number of unbranched alkanes of at least 4 members (excludes halogenated alkanes) is 18. The van der Waals surface area contributed by atoms with Gasteiger partial charge in [0.25, 0.3) is 0 Å². The number of allylic oxidation sites excluding steroid dienone is 1. The lowest BCUT2D eigenvalue weighted by atomic mass is 9.66. The number of hydrogen-bond donors (Lipinski definition) is 4. The monoisotopic (exact) mass is 887 g/mol. The molecule has 1 aliphatic heterocycles. The predicted molar refractivity (Wildman–Crippen MR) is 243 cm³/mol.